The molecule has 1 aliphatic heterocycles. The summed E-state index contributed by atoms with van der Waals surface area (Å²) >= 11 is 0.838. The fourth-order valence-electron chi connectivity index (χ4n) is 3.03. The van der Waals surface area contributed by atoms with Crippen LogP contribution in [0.4, 0.5) is 5.13 Å². The van der Waals surface area contributed by atoms with Gasteiger partial charge >= 0.3 is 0 Å². The van der Waals surface area contributed by atoms with Crippen molar-refractivity contribution >= 4 is 32.4 Å². The minimum absolute atomic E-state index is 0.165. The Morgan fingerprint density at radius 3 is 2.54 bits per heavy atom. The van der Waals surface area contributed by atoms with Gasteiger partial charge in [-0.05, 0) is 18.4 Å². The minimum Gasteiger partial charge on any atom is -0.381 e. The molecule has 0 radical (unpaired) electrons. The van der Waals surface area contributed by atoms with E-state index < -0.39 is 10.0 Å². The first-order valence-corrected chi connectivity index (χ1v) is 11.4. The normalized spacial score (nSPS) is 16.8. The first-order chi connectivity index (χ1) is 13.3. The molecule has 0 unspecified atom stereocenters. The smallest absolute Gasteiger partial charge is 0.269 e. The molecule has 8 nitrogen and oxygen atoms in total. The fraction of sp³-hybridized carbons (Fsp3) is 0.500. The van der Waals surface area contributed by atoms with E-state index in [1.807, 2.05) is 30.3 Å². The summed E-state index contributed by atoms with van der Waals surface area (Å²) in [6, 6.07) is 9.88. The van der Waals surface area contributed by atoms with Crippen LogP contribution in [0.1, 0.15) is 32.3 Å². The molecule has 2 N–H and O–H groups in total. The van der Waals surface area contributed by atoms with Crippen molar-refractivity contribution in [3.8, 4) is 0 Å². The van der Waals surface area contributed by atoms with Gasteiger partial charge in [0.2, 0.25) is 15.4 Å². The maximum Gasteiger partial charge on any atom is 0.269 e. The highest BCUT2D eigenvalue weighted by molar-refractivity contribution is 7.91. The monoisotopic (exact) mass is 424 g/mol. The Hall–Kier alpha value is -1.88. The van der Waals surface area contributed by atoms with Crippen LogP contribution < -0.4 is 10.0 Å². The van der Waals surface area contributed by atoms with Gasteiger partial charge in [-0.25, -0.2) is 13.1 Å². The summed E-state index contributed by atoms with van der Waals surface area (Å²) in [4.78, 5) is 11.8. The zero-order chi connectivity index (χ0) is 20.2. The quantitative estimate of drug-likeness (QED) is 0.659. The van der Waals surface area contributed by atoms with E-state index in [0.29, 0.717) is 13.2 Å². The number of hydrogen-bond acceptors (Lipinski definition) is 7. The summed E-state index contributed by atoms with van der Waals surface area (Å²) in [6.07, 6.45) is 1.46. The van der Waals surface area contributed by atoms with Gasteiger partial charge in [0.1, 0.15) is 0 Å². The van der Waals surface area contributed by atoms with Crippen molar-refractivity contribution in [1.29, 1.82) is 0 Å². The predicted octanol–water partition coefficient (Wildman–Crippen LogP) is 2.16. The van der Waals surface area contributed by atoms with Crippen LogP contribution in [0.25, 0.3) is 0 Å². The third-order valence-electron chi connectivity index (χ3n) is 4.83. The Morgan fingerprint density at radius 2 is 1.89 bits per heavy atom. The molecule has 28 heavy (non-hydrogen) atoms. The van der Waals surface area contributed by atoms with Gasteiger partial charge in [0.05, 0.1) is 0 Å². The topological polar surface area (TPSA) is 110 Å². The van der Waals surface area contributed by atoms with Crippen LogP contribution in [0.5, 0.6) is 0 Å². The second kappa shape index (κ2) is 8.64. The van der Waals surface area contributed by atoms with Crippen molar-refractivity contribution in [3.05, 3.63) is 35.9 Å². The number of hydrogen-bond donors (Lipinski definition) is 2. The Bertz CT molecular complexity index is 907. The highest BCUT2D eigenvalue weighted by atomic mass is 32.2. The Morgan fingerprint density at radius 1 is 1.21 bits per heavy atom. The van der Waals surface area contributed by atoms with Crippen LogP contribution in [-0.2, 0) is 25.0 Å². The largest absolute Gasteiger partial charge is 0.381 e. The molecule has 10 heteroatoms. The standard InChI is InChI=1S/C18H24N4O4S2/c1-13(2)15(23)20-16-21-22-17(27-16)28(24,25)19-12-18(8-10-26-11-9-18)14-6-4-3-5-7-14/h3-7,13,19H,8-12H2,1-2H3,(H,20,21,23). The molecule has 1 saturated heterocycles. The SMILES string of the molecule is CC(C)C(=O)Nc1nnc(S(=O)(=O)NCC2(c3ccccc3)CCOCC2)s1. The summed E-state index contributed by atoms with van der Waals surface area (Å²) in [5, 5.41) is 10.2. The number of amides is 1. The summed E-state index contributed by atoms with van der Waals surface area (Å²) in [5.74, 6) is -0.473. The lowest BCUT2D eigenvalue weighted by molar-refractivity contribution is -0.118. The van der Waals surface area contributed by atoms with Gasteiger partial charge in [0.25, 0.3) is 10.0 Å². The van der Waals surface area contributed by atoms with E-state index in [-0.39, 0.29) is 33.3 Å². The summed E-state index contributed by atoms with van der Waals surface area (Å²) in [7, 11) is -3.84. The first kappa shape index (κ1) is 20.8. The zero-order valence-corrected chi connectivity index (χ0v) is 17.5. The van der Waals surface area contributed by atoms with Gasteiger partial charge in [0.15, 0.2) is 0 Å². The molecule has 1 aromatic carbocycles. The van der Waals surface area contributed by atoms with Gasteiger partial charge in [-0.15, -0.1) is 10.2 Å². The molecule has 3 rings (SSSR count). The van der Waals surface area contributed by atoms with Crippen LogP contribution in [0.15, 0.2) is 34.7 Å². The molecule has 0 atom stereocenters. The van der Waals surface area contributed by atoms with Crippen LogP contribution in [0.2, 0.25) is 0 Å². The number of carbonyl (C=O) groups excluding carboxylic acids is 1. The van der Waals surface area contributed by atoms with Crippen molar-refractivity contribution in [1.82, 2.24) is 14.9 Å². The molecule has 0 aliphatic carbocycles. The van der Waals surface area contributed by atoms with Crippen molar-refractivity contribution in [2.45, 2.75) is 36.4 Å². The van der Waals surface area contributed by atoms with Crippen LogP contribution >= 0.6 is 11.3 Å². The Kier molecular flexibility index (Phi) is 6.43. The number of nitrogens with zero attached hydrogens (tertiary/aromatic N) is 2. The lowest BCUT2D eigenvalue weighted by Crippen LogP contribution is -2.44. The van der Waals surface area contributed by atoms with Crippen LogP contribution in [0.3, 0.4) is 0 Å². The maximum absolute atomic E-state index is 12.7. The molecule has 152 valence electrons. The van der Waals surface area contributed by atoms with Crippen molar-refractivity contribution in [3.63, 3.8) is 0 Å². The number of anilines is 1. The van der Waals surface area contributed by atoms with Gasteiger partial charge < -0.3 is 10.1 Å². The third kappa shape index (κ3) is 4.75. The molecule has 2 heterocycles. The van der Waals surface area contributed by atoms with E-state index in [4.69, 9.17) is 4.74 Å². The first-order valence-electron chi connectivity index (χ1n) is 9.10. The number of ether oxygens (including phenoxy) is 1. The number of aromatic nitrogens is 2. The summed E-state index contributed by atoms with van der Waals surface area (Å²) in [5.41, 5.74) is 0.759. The molecular weight excluding hydrogens is 400 g/mol. The molecule has 2 aromatic rings. The predicted molar refractivity (Wildman–Crippen MR) is 107 cm³/mol. The molecule has 1 amide bonds. The van der Waals surface area contributed by atoms with Crippen molar-refractivity contribution < 1.29 is 17.9 Å². The van der Waals surface area contributed by atoms with Crippen LogP contribution in [-0.4, -0.2) is 44.3 Å². The molecule has 1 fully saturated rings. The Balaban J connectivity index is 1.74. The average molecular weight is 425 g/mol. The number of carbonyl (C=O) groups is 1. The van der Waals surface area contributed by atoms with E-state index in [9.17, 15) is 13.2 Å². The second-order valence-electron chi connectivity index (χ2n) is 7.10. The Labute approximate surface area is 168 Å². The molecule has 1 aliphatic rings. The van der Waals surface area contributed by atoms with Gasteiger partial charge in [-0.3, -0.25) is 4.79 Å². The van der Waals surface area contributed by atoms with E-state index >= 15 is 0 Å². The lowest BCUT2D eigenvalue weighted by atomic mass is 9.74. The molecular formula is C18H24N4O4S2. The number of sulfonamides is 1. The molecule has 1 aromatic heterocycles. The molecule has 0 saturated carbocycles. The van der Waals surface area contributed by atoms with Crippen molar-refractivity contribution in [2.24, 2.45) is 5.92 Å². The fourth-order valence-corrected chi connectivity index (χ4v) is 5.11. The van der Waals surface area contributed by atoms with E-state index in [2.05, 4.69) is 20.2 Å². The van der Waals surface area contributed by atoms with Crippen LogP contribution in [0, 0.1) is 5.92 Å². The van der Waals surface area contributed by atoms with Gasteiger partial charge in [-0.1, -0.05) is 55.5 Å². The lowest BCUT2D eigenvalue weighted by Gasteiger charge is -2.37. The number of benzene rings is 1. The number of rotatable bonds is 7. The van der Waals surface area contributed by atoms with E-state index in [0.717, 1.165) is 29.7 Å². The van der Waals surface area contributed by atoms with E-state index in [1.54, 1.807) is 13.8 Å². The second-order valence-corrected chi connectivity index (χ2v) is 10.0. The summed E-state index contributed by atoms with van der Waals surface area (Å²) in [6.45, 7) is 4.90. The highest BCUT2D eigenvalue weighted by Gasteiger charge is 2.36. The number of nitrogens with one attached hydrogen (secondary N) is 2. The molecule has 0 bridgehead atoms. The van der Waals surface area contributed by atoms with Gasteiger partial charge in [0, 0.05) is 31.1 Å². The van der Waals surface area contributed by atoms with Crippen molar-refractivity contribution in [2.75, 3.05) is 25.1 Å². The average Bonchev–Trinajstić information content (AvgIpc) is 3.17. The minimum atomic E-state index is -3.84. The molecule has 0 spiro atoms. The maximum atomic E-state index is 12.7. The highest BCUT2D eigenvalue weighted by Crippen LogP contribution is 2.34. The third-order valence-corrected chi connectivity index (χ3v) is 7.43. The van der Waals surface area contributed by atoms with Gasteiger partial charge in [-0.2, -0.15) is 0 Å². The van der Waals surface area contributed by atoms with E-state index in [1.165, 1.54) is 0 Å². The zero-order valence-electron chi connectivity index (χ0n) is 15.8. The summed E-state index contributed by atoms with van der Waals surface area (Å²) < 4.78 is 33.5.